The Morgan fingerprint density at radius 2 is 1.61 bits per heavy atom. The van der Waals surface area contributed by atoms with Crippen LogP contribution < -0.4 is 5.32 Å². The number of carbonyl (C=O) groups excluding carboxylic acids is 3. The molecule has 0 fully saturated rings. The van der Waals surface area contributed by atoms with Crippen LogP contribution in [-0.2, 0) is 38.2 Å². The molecule has 0 spiro atoms. The fourth-order valence-corrected chi connectivity index (χ4v) is 3.36. The van der Waals surface area contributed by atoms with E-state index < -0.39 is 47.9 Å². The molecule has 0 aliphatic carbocycles. The Morgan fingerprint density at radius 3 is 2.19 bits per heavy atom. The number of hydrogen-bond donors (Lipinski definition) is 1. The number of nitrogens with zero attached hydrogens (tertiary/aromatic N) is 1. The van der Waals surface area contributed by atoms with E-state index in [0.717, 1.165) is 12.1 Å². The van der Waals surface area contributed by atoms with Crippen molar-refractivity contribution in [2.75, 3.05) is 13.2 Å². The molecule has 7 nitrogen and oxygen atoms in total. The van der Waals surface area contributed by atoms with Gasteiger partial charge in [-0.05, 0) is 44.9 Å². The molecule has 1 atom stereocenters. The summed E-state index contributed by atoms with van der Waals surface area (Å²) in [6.45, 7) is 6.26. The maximum absolute atomic E-state index is 13.6. The number of ether oxygens (including phenoxy) is 2. The number of rotatable bonds is 9. The minimum Gasteiger partial charge on any atom is -0.465 e. The fraction of sp³-hybridized carbons (Fsp3) is 0.423. The molecule has 0 bridgehead atoms. The van der Waals surface area contributed by atoms with Crippen LogP contribution in [0.15, 0.2) is 54.6 Å². The number of halogens is 3. The highest BCUT2D eigenvalue weighted by atomic mass is 19.4. The monoisotopic (exact) mass is 508 g/mol. The van der Waals surface area contributed by atoms with Gasteiger partial charge in [0.2, 0.25) is 5.91 Å². The van der Waals surface area contributed by atoms with Crippen molar-refractivity contribution in [1.29, 1.82) is 0 Å². The molecule has 0 saturated carbocycles. The van der Waals surface area contributed by atoms with Gasteiger partial charge in [-0.25, -0.2) is 4.79 Å². The summed E-state index contributed by atoms with van der Waals surface area (Å²) in [7, 11) is 0. The third-order valence-electron chi connectivity index (χ3n) is 4.84. The third kappa shape index (κ3) is 9.59. The van der Waals surface area contributed by atoms with E-state index in [1.54, 1.807) is 58.0 Å². The molecule has 0 aliphatic heterocycles. The molecular weight excluding hydrogens is 477 g/mol. The first-order valence-corrected chi connectivity index (χ1v) is 11.4. The summed E-state index contributed by atoms with van der Waals surface area (Å²) in [4.78, 5) is 39.6. The van der Waals surface area contributed by atoms with Crippen LogP contribution in [0.2, 0.25) is 0 Å². The zero-order valence-corrected chi connectivity index (χ0v) is 20.7. The highest BCUT2D eigenvalue weighted by Crippen LogP contribution is 2.30. The molecule has 0 radical (unpaired) electrons. The van der Waals surface area contributed by atoms with Crippen molar-refractivity contribution >= 4 is 18.0 Å². The van der Waals surface area contributed by atoms with Gasteiger partial charge in [0, 0.05) is 13.0 Å². The standard InChI is InChI=1S/C26H31F3N2O5/c1-5-35-22(32)17-31(16-18-10-7-6-8-11-18)23(33)21(30-24(34)36-25(2,3)4)15-19-12-9-13-20(14-19)26(27,28)29/h6-14,21H,5,15-17H2,1-4H3,(H,30,34)/t21-/m1/s1. The van der Waals surface area contributed by atoms with Gasteiger partial charge in [0.25, 0.3) is 0 Å². The maximum Gasteiger partial charge on any atom is 0.416 e. The molecule has 0 unspecified atom stereocenters. The van der Waals surface area contributed by atoms with Crippen LogP contribution in [-0.4, -0.2) is 47.7 Å². The lowest BCUT2D eigenvalue weighted by molar-refractivity contribution is -0.150. The SMILES string of the molecule is CCOC(=O)CN(Cc1ccccc1)C(=O)[C@@H](Cc1cccc(C(F)(F)F)c1)NC(=O)OC(C)(C)C. The summed E-state index contributed by atoms with van der Waals surface area (Å²) >= 11 is 0. The van der Waals surface area contributed by atoms with Crippen LogP contribution in [0.5, 0.6) is 0 Å². The van der Waals surface area contributed by atoms with Crippen molar-refractivity contribution in [2.24, 2.45) is 0 Å². The predicted molar refractivity (Wildman–Crippen MR) is 127 cm³/mol. The van der Waals surface area contributed by atoms with Crippen LogP contribution >= 0.6 is 0 Å². The third-order valence-corrected chi connectivity index (χ3v) is 4.84. The first-order valence-electron chi connectivity index (χ1n) is 11.4. The molecule has 2 amide bonds. The van der Waals surface area contributed by atoms with Crippen LogP contribution in [0.1, 0.15) is 44.4 Å². The topological polar surface area (TPSA) is 84.9 Å². The van der Waals surface area contributed by atoms with E-state index in [0.29, 0.717) is 5.56 Å². The normalized spacial score (nSPS) is 12.4. The van der Waals surface area contributed by atoms with Crippen LogP contribution in [0.4, 0.5) is 18.0 Å². The molecular formula is C26H31F3N2O5. The lowest BCUT2D eigenvalue weighted by Gasteiger charge is -2.28. The molecule has 0 aliphatic rings. The van der Waals surface area contributed by atoms with Crippen molar-refractivity contribution in [3.8, 4) is 0 Å². The Labute approximate surface area is 208 Å². The quantitative estimate of drug-likeness (QED) is 0.495. The molecule has 2 rings (SSSR count). The summed E-state index contributed by atoms with van der Waals surface area (Å²) in [5.74, 6) is -1.33. The summed E-state index contributed by atoms with van der Waals surface area (Å²) < 4.78 is 49.9. The highest BCUT2D eigenvalue weighted by Gasteiger charge is 2.33. The Kier molecular flexibility index (Phi) is 9.89. The lowest BCUT2D eigenvalue weighted by atomic mass is 10.0. The molecule has 2 aromatic carbocycles. The van der Waals surface area contributed by atoms with E-state index in [-0.39, 0.29) is 25.1 Å². The zero-order chi connectivity index (χ0) is 26.9. The number of amides is 2. The Bertz CT molecular complexity index is 1040. The average molecular weight is 509 g/mol. The minimum atomic E-state index is -4.57. The molecule has 10 heteroatoms. The van der Waals surface area contributed by atoms with Crippen molar-refractivity contribution in [2.45, 2.75) is 58.5 Å². The zero-order valence-electron chi connectivity index (χ0n) is 20.7. The van der Waals surface area contributed by atoms with Gasteiger partial charge in [-0.1, -0.05) is 48.5 Å². The van der Waals surface area contributed by atoms with E-state index in [4.69, 9.17) is 9.47 Å². The smallest absolute Gasteiger partial charge is 0.416 e. The predicted octanol–water partition coefficient (Wildman–Crippen LogP) is 4.73. The van der Waals surface area contributed by atoms with E-state index in [9.17, 15) is 27.6 Å². The van der Waals surface area contributed by atoms with Gasteiger partial charge in [0.05, 0.1) is 12.2 Å². The largest absolute Gasteiger partial charge is 0.465 e. The second-order valence-electron chi connectivity index (χ2n) is 9.09. The number of alkyl halides is 3. The van der Waals surface area contributed by atoms with Gasteiger partial charge >= 0.3 is 18.2 Å². The fourth-order valence-electron chi connectivity index (χ4n) is 3.36. The number of esters is 1. The minimum absolute atomic E-state index is 0.0214. The van der Waals surface area contributed by atoms with Gasteiger partial charge < -0.3 is 19.7 Å². The van der Waals surface area contributed by atoms with Crippen LogP contribution in [0.25, 0.3) is 0 Å². The van der Waals surface area contributed by atoms with E-state index in [1.165, 1.54) is 17.0 Å². The molecule has 0 aromatic heterocycles. The van der Waals surface area contributed by atoms with Crippen molar-refractivity contribution in [1.82, 2.24) is 10.2 Å². The van der Waals surface area contributed by atoms with Crippen LogP contribution in [0.3, 0.4) is 0 Å². The number of nitrogens with one attached hydrogen (secondary N) is 1. The van der Waals surface area contributed by atoms with Crippen LogP contribution in [0, 0.1) is 0 Å². The van der Waals surface area contributed by atoms with Gasteiger partial charge in [-0.15, -0.1) is 0 Å². The number of alkyl carbamates (subject to hydrolysis) is 1. The summed E-state index contributed by atoms with van der Waals surface area (Å²) in [6.07, 6.45) is -5.74. The summed E-state index contributed by atoms with van der Waals surface area (Å²) in [5, 5.41) is 2.47. The van der Waals surface area contributed by atoms with Crippen molar-refractivity contribution in [3.05, 3.63) is 71.3 Å². The second kappa shape index (κ2) is 12.4. The van der Waals surface area contributed by atoms with Crippen molar-refractivity contribution in [3.63, 3.8) is 0 Å². The van der Waals surface area contributed by atoms with E-state index in [1.807, 2.05) is 0 Å². The first-order chi connectivity index (χ1) is 16.8. The molecule has 2 aromatic rings. The Hall–Kier alpha value is -3.56. The molecule has 36 heavy (non-hydrogen) atoms. The van der Waals surface area contributed by atoms with Gasteiger partial charge in [-0.3, -0.25) is 9.59 Å². The number of benzene rings is 2. The maximum atomic E-state index is 13.6. The molecule has 1 N–H and O–H groups in total. The Balaban J connectivity index is 2.38. The first kappa shape index (κ1) is 28.7. The number of carbonyl (C=O) groups is 3. The van der Waals surface area contributed by atoms with E-state index >= 15 is 0 Å². The highest BCUT2D eigenvalue weighted by molar-refractivity contribution is 5.88. The summed E-state index contributed by atoms with van der Waals surface area (Å²) in [5.41, 5.74) is -0.862. The summed E-state index contributed by atoms with van der Waals surface area (Å²) in [6, 6.07) is 12.0. The Morgan fingerprint density at radius 1 is 0.972 bits per heavy atom. The second-order valence-corrected chi connectivity index (χ2v) is 9.09. The number of hydrogen-bond acceptors (Lipinski definition) is 5. The van der Waals surface area contributed by atoms with Gasteiger partial charge in [0.1, 0.15) is 18.2 Å². The molecule has 0 heterocycles. The van der Waals surface area contributed by atoms with Gasteiger partial charge in [-0.2, -0.15) is 13.2 Å². The van der Waals surface area contributed by atoms with Crippen molar-refractivity contribution < 1.29 is 37.0 Å². The van der Waals surface area contributed by atoms with E-state index in [2.05, 4.69) is 5.32 Å². The molecule has 196 valence electrons. The molecule has 0 saturated heterocycles. The average Bonchev–Trinajstić information content (AvgIpc) is 2.77. The van der Waals surface area contributed by atoms with Gasteiger partial charge in [0.15, 0.2) is 0 Å². The lowest BCUT2D eigenvalue weighted by Crippen LogP contribution is -2.51.